The van der Waals surface area contributed by atoms with Crippen molar-refractivity contribution >= 4 is 5.91 Å². The lowest BCUT2D eigenvalue weighted by molar-refractivity contribution is -0.134. The SMILES string of the molecule is CC(C)CN(C(=O)C(N)C(C)C)C1CC1. The smallest absolute Gasteiger partial charge is 0.240 e. The molecule has 0 heterocycles. The van der Waals surface area contributed by atoms with E-state index in [1.165, 1.54) is 0 Å². The number of rotatable bonds is 5. The monoisotopic (exact) mass is 212 g/mol. The Morgan fingerprint density at radius 2 is 1.87 bits per heavy atom. The quantitative estimate of drug-likeness (QED) is 0.752. The summed E-state index contributed by atoms with van der Waals surface area (Å²) in [6, 6.07) is 0.147. The molecule has 0 aromatic carbocycles. The molecule has 1 fully saturated rings. The molecule has 3 heteroatoms. The fourth-order valence-electron chi connectivity index (χ4n) is 1.68. The van der Waals surface area contributed by atoms with Gasteiger partial charge in [0.2, 0.25) is 5.91 Å². The number of hydrogen-bond acceptors (Lipinski definition) is 2. The van der Waals surface area contributed by atoms with Crippen molar-refractivity contribution < 1.29 is 4.79 Å². The zero-order chi connectivity index (χ0) is 11.6. The molecule has 1 unspecified atom stereocenters. The maximum atomic E-state index is 12.1. The second kappa shape index (κ2) is 4.97. The van der Waals surface area contributed by atoms with Crippen molar-refractivity contribution in [2.24, 2.45) is 17.6 Å². The molecule has 1 aliphatic carbocycles. The summed E-state index contributed by atoms with van der Waals surface area (Å²) in [6.07, 6.45) is 2.31. The number of amides is 1. The van der Waals surface area contributed by atoms with Crippen molar-refractivity contribution in [3.05, 3.63) is 0 Å². The van der Waals surface area contributed by atoms with Crippen molar-refractivity contribution in [3.8, 4) is 0 Å². The Labute approximate surface area is 93.0 Å². The Hall–Kier alpha value is -0.570. The predicted molar refractivity (Wildman–Crippen MR) is 62.4 cm³/mol. The van der Waals surface area contributed by atoms with E-state index in [-0.39, 0.29) is 17.9 Å². The highest BCUT2D eigenvalue weighted by molar-refractivity contribution is 5.82. The fourth-order valence-corrected chi connectivity index (χ4v) is 1.68. The molecule has 15 heavy (non-hydrogen) atoms. The van der Waals surface area contributed by atoms with E-state index in [9.17, 15) is 4.79 Å². The van der Waals surface area contributed by atoms with Crippen LogP contribution in [0.25, 0.3) is 0 Å². The van der Waals surface area contributed by atoms with Crippen LogP contribution < -0.4 is 5.73 Å². The highest BCUT2D eigenvalue weighted by Gasteiger charge is 2.35. The molecule has 0 aromatic heterocycles. The first-order valence-corrected chi connectivity index (χ1v) is 5.99. The van der Waals surface area contributed by atoms with E-state index in [4.69, 9.17) is 5.73 Å². The minimum absolute atomic E-state index is 0.140. The van der Waals surface area contributed by atoms with Crippen LogP contribution in [0.1, 0.15) is 40.5 Å². The van der Waals surface area contributed by atoms with E-state index in [1.54, 1.807) is 0 Å². The van der Waals surface area contributed by atoms with E-state index in [0.29, 0.717) is 12.0 Å². The van der Waals surface area contributed by atoms with Gasteiger partial charge in [0.15, 0.2) is 0 Å². The van der Waals surface area contributed by atoms with E-state index < -0.39 is 0 Å². The lowest BCUT2D eigenvalue weighted by Gasteiger charge is -2.28. The number of hydrogen-bond donors (Lipinski definition) is 1. The van der Waals surface area contributed by atoms with Gasteiger partial charge in [0, 0.05) is 12.6 Å². The molecule has 1 aliphatic rings. The van der Waals surface area contributed by atoms with Crippen LogP contribution in [0.15, 0.2) is 0 Å². The highest BCUT2D eigenvalue weighted by Crippen LogP contribution is 2.28. The molecule has 1 atom stereocenters. The fraction of sp³-hybridized carbons (Fsp3) is 0.917. The minimum Gasteiger partial charge on any atom is -0.338 e. The van der Waals surface area contributed by atoms with Crippen LogP contribution in [0.4, 0.5) is 0 Å². The number of nitrogens with zero attached hydrogens (tertiary/aromatic N) is 1. The molecule has 0 bridgehead atoms. The molecule has 1 rings (SSSR count). The van der Waals surface area contributed by atoms with Gasteiger partial charge in [-0.05, 0) is 24.7 Å². The standard InChI is InChI=1S/C12H24N2O/c1-8(2)7-14(10-5-6-10)12(15)11(13)9(3)4/h8-11H,5-7,13H2,1-4H3. The molecule has 0 spiro atoms. The zero-order valence-corrected chi connectivity index (χ0v) is 10.4. The molecule has 3 nitrogen and oxygen atoms in total. The van der Waals surface area contributed by atoms with Crippen molar-refractivity contribution in [2.75, 3.05) is 6.54 Å². The summed E-state index contributed by atoms with van der Waals surface area (Å²) in [5.74, 6) is 0.890. The van der Waals surface area contributed by atoms with Crippen LogP contribution in [0.5, 0.6) is 0 Å². The third-order valence-electron chi connectivity index (χ3n) is 2.84. The van der Waals surface area contributed by atoms with Gasteiger partial charge in [-0.25, -0.2) is 0 Å². The summed E-state index contributed by atoms with van der Waals surface area (Å²) in [4.78, 5) is 14.1. The van der Waals surface area contributed by atoms with E-state index in [1.807, 2.05) is 18.7 Å². The Morgan fingerprint density at radius 3 is 2.20 bits per heavy atom. The number of carbonyl (C=O) groups excluding carboxylic acids is 1. The minimum atomic E-state index is -0.329. The highest BCUT2D eigenvalue weighted by atomic mass is 16.2. The average Bonchev–Trinajstić information content (AvgIpc) is 2.94. The van der Waals surface area contributed by atoms with Gasteiger partial charge in [-0.3, -0.25) is 4.79 Å². The summed E-state index contributed by atoms with van der Waals surface area (Å²) >= 11 is 0. The van der Waals surface area contributed by atoms with E-state index in [2.05, 4.69) is 13.8 Å². The van der Waals surface area contributed by atoms with Crippen molar-refractivity contribution in [3.63, 3.8) is 0 Å². The second-order valence-electron chi connectivity index (χ2n) is 5.39. The normalized spacial score (nSPS) is 18.3. The van der Waals surface area contributed by atoms with Gasteiger partial charge in [0.1, 0.15) is 0 Å². The molecule has 88 valence electrons. The van der Waals surface area contributed by atoms with Gasteiger partial charge in [-0.15, -0.1) is 0 Å². The lowest BCUT2D eigenvalue weighted by atomic mass is 10.0. The van der Waals surface area contributed by atoms with Crippen LogP contribution in [0.2, 0.25) is 0 Å². The molecule has 2 N–H and O–H groups in total. The first-order chi connectivity index (χ1) is 6.93. The van der Waals surface area contributed by atoms with Crippen LogP contribution >= 0.6 is 0 Å². The van der Waals surface area contributed by atoms with Gasteiger partial charge in [0.25, 0.3) is 0 Å². The molecular weight excluding hydrogens is 188 g/mol. The van der Waals surface area contributed by atoms with E-state index in [0.717, 1.165) is 19.4 Å². The molecule has 1 saturated carbocycles. The summed E-state index contributed by atoms with van der Waals surface area (Å²) < 4.78 is 0. The van der Waals surface area contributed by atoms with Gasteiger partial charge in [-0.2, -0.15) is 0 Å². The number of nitrogens with two attached hydrogens (primary N) is 1. The first-order valence-electron chi connectivity index (χ1n) is 5.99. The summed E-state index contributed by atoms with van der Waals surface area (Å²) in [7, 11) is 0. The maximum Gasteiger partial charge on any atom is 0.240 e. The third kappa shape index (κ3) is 3.49. The summed E-state index contributed by atoms with van der Waals surface area (Å²) in [5, 5.41) is 0. The van der Waals surface area contributed by atoms with Crippen LogP contribution in [-0.4, -0.2) is 29.4 Å². The zero-order valence-electron chi connectivity index (χ0n) is 10.4. The summed E-state index contributed by atoms with van der Waals surface area (Å²) in [6.45, 7) is 9.14. The Balaban J connectivity index is 2.58. The van der Waals surface area contributed by atoms with Crippen LogP contribution in [0.3, 0.4) is 0 Å². The van der Waals surface area contributed by atoms with Gasteiger partial charge in [-0.1, -0.05) is 27.7 Å². The molecule has 0 radical (unpaired) electrons. The molecular formula is C12H24N2O. The molecule has 0 aliphatic heterocycles. The lowest BCUT2D eigenvalue weighted by Crippen LogP contribution is -2.48. The molecule has 0 aromatic rings. The Kier molecular flexibility index (Phi) is 4.14. The second-order valence-corrected chi connectivity index (χ2v) is 5.39. The average molecular weight is 212 g/mol. The predicted octanol–water partition coefficient (Wildman–Crippen LogP) is 1.62. The van der Waals surface area contributed by atoms with Gasteiger partial charge >= 0.3 is 0 Å². The third-order valence-corrected chi connectivity index (χ3v) is 2.84. The largest absolute Gasteiger partial charge is 0.338 e. The maximum absolute atomic E-state index is 12.1. The van der Waals surface area contributed by atoms with Crippen molar-refractivity contribution in [1.82, 2.24) is 4.90 Å². The van der Waals surface area contributed by atoms with Gasteiger partial charge in [0.05, 0.1) is 6.04 Å². The van der Waals surface area contributed by atoms with Crippen molar-refractivity contribution in [1.29, 1.82) is 0 Å². The Morgan fingerprint density at radius 1 is 1.33 bits per heavy atom. The topological polar surface area (TPSA) is 46.3 Å². The van der Waals surface area contributed by atoms with E-state index >= 15 is 0 Å². The van der Waals surface area contributed by atoms with Crippen LogP contribution in [0, 0.1) is 11.8 Å². The number of carbonyl (C=O) groups is 1. The first kappa shape index (κ1) is 12.5. The molecule has 0 saturated heterocycles. The Bertz CT molecular complexity index is 222. The molecule has 1 amide bonds. The van der Waals surface area contributed by atoms with Crippen molar-refractivity contribution in [2.45, 2.75) is 52.6 Å². The van der Waals surface area contributed by atoms with Gasteiger partial charge < -0.3 is 10.6 Å². The summed E-state index contributed by atoms with van der Waals surface area (Å²) in [5.41, 5.74) is 5.91. The van der Waals surface area contributed by atoms with Crippen LogP contribution in [-0.2, 0) is 4.79 Å².